The van der Waals surface area contributed by atoms with E-state index in [2.05, 4.69) is 10.3 Å². The molecule has 0 bridgehead atoms. The van der Waals surface area contributed by atoms with Crippen molar-refractivity contribution in [3.05, 3.63) is 47.3 Å². The Labute approximate surface area is 142 Å². The third kappa shape index (κ3) is 2.68. The van der Waals surface area contributed by atoms with E-state index in [0.29, 0.717) is 18.3 Å². The fraction of sp³-hybridized carbons (Fsp3) is 0.312. The first kappa shape index (κ1) is 15.5. The van der Waals surface area contributed by atoms with Gasteiger partial charge in [-0.1, -0.05) is 22.4 Å². The van der Waals surface area contributed by atoms with Crippen LogP contribution < -0.4 is 0 Å². The number of hydroxylamine groups is 2. The standard InChI is InChI=1S/C16H14N4O5/c21-14-11-3-1-2-4-12(11)15(22)20(14)25-16(23)13-9-19(18-17-13)10-5-7-24-8-6-10/h1-4,9-10H,5-8H2. The molecule has 2 aromatic rings. The predicted molar refractivity (Wildman–Crippen MR) is 81.5 cm³/mol. The number of ether oxygens (including phenoxy) is 1. The smallest absolute Gasteiger partial charge is 0.381 e. The second kappa shape index (κ2) is 6.10. The molecule has 0 aliphatic carbocycles. The molecular weight excluding hydrogens is 328 g/mol. The zero-order valence-corrected chi connectivity index (χ0v) is 13.1. The Bertz CT molecular complexity index is 821. The van der Waals surface area contributed by atoms with Crippen LogP contribution in [-0.4, -0.2) is 51.1 Å². The van der Waals surface area contributed by atoms with Gasteiger partial charge in [0.15, 0.2) is 5.69 Å². The maximum absolute atomic E-state index is 12.2. The van der Waals surface area contributed by atoms with Crippen LogP contribution in [-0.2, 0) is 9.57 Å². The normalized spacial score (nSPS) is 17.7. The molecule has 2 aliphatic heterocycles. The molecule has 1 aromatic carbocycles. The summed E-state index contributed by atoms with van der Waals surface area (Å²) < 4.78 is 6.87. The number of imide groups is 1. The van der Waals surface area contributed by atoms with E-state index in [1.165, 1.54) is 18.3 Å². The summed E-state index contributed by atoms with van der Waals surface area (Å²) >= 11 is 0. The number of rotatable bonds is 3. The molecule has 2 aliphatic rings. The van der Waals surface area contributed by atoms with Crippen LogP contribution in [0.1, 0.15) is 50.1 Å². The number of hydrogen-bond acceptors (Lipinski definition) is 7. The van der Waals surface area contributed by atoms with Crippen molar-refractivity contribution in [2.24, 2.45) is 0 Å². The van der Waals surface area contributed by atoms with Crippen molar-refractivity contribution in [1.29, 1.82) is 0 Å². The van der Waals surface area contributed by atoms with Gasteiger partial charge in [-0.25, -0.2) is 9.48 Å². The largest absolute Gasteiger partial charge is 0.385 e. The zero-order chi connectivity index (χ0) is 17.4. The molecule has 0 radical (unpaired) electrons. The van der Waals surface area contributed by atoms with Gasteiger partial charge in [-0.2, -0.15) is 0 Å². The van der Waals surface area contributed by atoms with Crippen LogP contribution in [0.15, 0.2) is 30.5 Å². The number of carbonyl (C=O) groups excluding carboxylic acids is 3. The lowest BCUT2D eigenvalue weighted by atomic mass is 10.1. The fourth-order valence-corrected chi connectivity index (χ4v) is 2.88. The minimum Gasteiger partial charge on any atom is -0.381 e. The van der Waals surface area contributed by atoms with Crippen molar-refractivity contribution in [2.75, 3.05) is 13.2 Å². The van der Waals surface area contributed by atoms with Crippen LogP contribution in [0.5, 0.6) is 0 Å². The van der Waals surface area contributed by atoms with Gasteiger partial charge in [-0.3, -0.25) is 9.59 Å². The van der Waals surface area contributed by atoms with Crippen LogP contribution in [0.3, 0.4) is 0 Å². The van der Waals surface area contributed by atoms with Gasteiger partial charge in [0.2, 0.25) is 0 Å². The lowest BCUT2D eigenvalue weighted by molar-refractivity contribution is -0.0588. The number of amides is 2. The number of hydrogen-bond donors (Lipinski definition) is 0. The number of benzene rings is 1. The first-order chi connectivity index (χ1) is 12.1. The molecule has 1 fully saturated rings. The van der Waals surface area contributed by atoms with Gasteiger partial charge < -0.3 is 9.57 Å². The first-order valence-corrected chi connectivity index (χ1v) is 7.85. The molecule has 25 heavy (non-hydrogen) atoms. The van der Waals surface area contributed by atoms with Crippen molar-refractivity contribution < 1.29 is 24.0 Å². The quantitative estimate of drug-likeness (QED) is 0.766. The highest BCUT2D eigenvalue weighted by Crippen LogP contribution is 2.24. The summed E-state index contributed by atoms with van der Waals surface area (Å²) in [5, 5.41) is 8.17. The van der Waals surface area contributed by atoms with Crippen molar-refractivity contribution in [2.45, 2.75) is 18.9 Å². The van der Waals surface area contributed by atoms with Crippen molar-refractivity contribution in [3.8, 4) is 0 Å². The Kier molecular flexibility index (Phi) is 3.77. The maximum atomic E-state index is 12.2. The molecule has 9 heteroatoms. The van der Waals surface area contributed by atoms with Gasteiger partial charge in [0.1, 0.15) is 0 Å². The molecule has 0 unspecified atom stereocenters. The highest BCUT2D eigenvalue weighted by molar-refractivity contribution is 6.21. The van der Waals surface area contributed by atoms with E-state index in [9.17, 15) is 14.4 Å². The summed E-state index contributed by atoms with van der Waals surface area (Å²) in [5.74, 6) is -2.26. The molecule has 128 valence electrons. The molecule has 1 aromatic heterocycles. The molecule has 1 saturated heterocycles. The Morgan fingerprint density at radius 3 is 2.40 bits per heavy atom. The summed E-state index contributed by atoms with van der Waals surface area (Å²) in [4.78, 5) is 41.6. The Morgan fingerprint density at radius 1 is 1.12 bits per heavy atom. The second-order valence-electron chi connectivity index (χ2n) is 5.76. The van der Waals surface area contributed by atoms with Gasteiger partial charge >= 0.3 is 5.97 Å². The molecule has 9 nitrogen and oxygen atoms in total. The molecule has 3 heterocycles. The highest BCUT2D eigenvalue weighted by atomic mass is 16.7. The summed E-state index contributed by atoms with van der Waals surface area (Å²) in [6.45, 7) is 1.25. The maximum Gasteiger partial charge on any atom is 0.385 e. The summed E-state index contributed by atoms with van der Waals surface area (Å²) in [5.41, 5.74) is 0.334. The number of fused-ring (bicyclic) bond motifs is 1. The average Bonchev–Trinajstić information content (AvgIpc) is 3.23. The van der Waals surface area contributed by atoms with Crippen LogP contribution in [0.25, 0.3) is 0 Å². The van der Waals surface area contributed by atoms with E-state index in [-0.39, 0.29) is 22.9 Å². The molecule has 0 atom stereocenters. The van der Waals surface area contributed by atoms with Crippen LogP contribution in [0, 0.1) is 0 Å². The molecular formula is C16H14N4O5. The van der Waals surface area contributed by atoms with Crippen LogP contribution >= 0.6 is 0 Å². The topological polar surface area (TPSA) is 104 Å². The number of nitrogens with zero attached hydrogens (tertiary/aromatic N) is 4. The minimum atomic E-state index is -0.909. The van der Waals surface area contributed by atoms with Crippen LogP contribution in [0.2, 0.25) is 0 Å². The van der Waals surface area contributed by atoms with Gasteiger partial charge in [-0.05, 0) is 25.0 Å². The highest BCUT2D eigenvalue weighted by Gasteiger charge is 2.39. The summed E-state index contributed by atoms with van der Waals surface area (Å²) in [6, 6.07) is 6.38. The van der Waals surface area contributed by atoms with E-state index in [0.717, 1.165) is 12.8 Å². The van der Waals surface area contributed by atoms with E-state index in [4.69, 9.17) is 9.57 Å². The van der Waals surface area contributed by atoms with E-state index in [1.807, 2.05) is 0 Å². The Morgan fingerprint density at radius 2 is 1.76 bits per heavy atom. The molecule has 2 amide bonds. The third-order valence-corrected chi connectivity index (χ3v) is 4.22. The average molecular weight is 342 g/mol. The second-order valence-corrected chi connectivity index (χ2v) is 5.76. The van der Waals surface area contributed by atoms with Crippen LogP contribution in [0.4, 0.5) is 0 Å². The lowest BCUT2D eigenvalue weighted by Gasteiger charge is -2.21. The minimum absolute atomic E-state index is 0.0666. The molecule has 0 saturated carbocycles. The Hall–Kier alpha value is -3.07. The monoisotopic (exact) mass is 342 g/mol. The SMILES string of the molecule is O=C(ON1C(=O)c2ccccc2C1=O)c1cn(C2CCOCC2)nn1. The third-order valence-electron chi connectivity index (χ3n) is 4.22. The van der Waals surface area contributed by atoms with Gasteiger partial charge in [-0.15, -0.1) is 5.10 Å². The van der Waals surface area contributed by atoms with Crippen molar-refractivity contribution >= 4 is 17.8 Å². The molecule has 4 rings (SSSR count). The lowest BCUT2D eigenvalue weighted by Crippen LogP contribution is -2.32. The van der Waals surface area contributed by atoms with E-state index in [1.54, 1.807) is 16.8 Å². The summed E-state index contributed by atoms with van der Waals surface area (Å²) in [6.07, 6.45) is 3.00. The van der Waals surface area contributed by atoms with E-state index >= 15 is 0 Å². The first-order valence-electron chi connectivity index (χ1n) is 7.85. The number of aromatic nitrogens is 3. The van der Waals surface area contributed by atoms with Crippen molar-refractivity contribution in [3.63, 3.8) is 0 Å². The summed E-state index contributed by atoms with van der Waals surface area (Å²) in [7, 11) is 0. The van der Waals surface area contributed by atoms with Gasteiger partial charge in [0, 0.05) is 13.2 Å². The molecule has 0 spiro atoms. The zero-order valence-electron chi connectivity index (χ0n) is 13.1. The predicted octanol–water partition coefficient (Wildman–Crippen LogP) is 0.998. The van der Waals surface area contributed by atoms with Crippen molar-refractivity contribution in [1.82, 2.24) is 20.1 Å². The fourth-order valence-electron chi connectivity index (χ4n) is 2.88. The Balaban J connectivity index is 1.49. The van der Waals surface area contributed by atoms with E-state index < -0.39 is 17.8 Å². The molecule has 0 N–H and O–H groups in total. The van der Waals surface area contributed by atoms with Gasteiger partial charge in [0.05, 0.1) is 23.4 Å². The number of carbonyl (C=O) groups is 3. The van der Waals surface area contributed by atoms with Gasteiger partial charge in [0.25, 0.3) is 11.8 Å².